The van der Waals surface area contributed by atoms with Crippen LogP contribution in [0.25, 0.3) is 10.2 Å². The first-order valence-electron chi connectivity index (χ1n) is 11.9. The van der Waals surface area contributed by atoms with Crippen LogP contribution in [0.3, 0.4) is 0 Å². The van der Waals surface area contributed by atoms with Gasteiger partial charge in [0.2, 0.25) is 0 Å². The second-order valence-electron chi connectivity index (χ2n) is 9.32. The van der Waals surface area contributed by atoms with Crippen molar-refractivity contribution in [3.05, 3.63) is 46.6 Å². The Morgan fingerprint density at radius 1 is 1.16 bits per heavy atom. The van der Waals surface area contributed by atoms with E-state index in [1.165, 1.54) is 29.0 Å². The van der Waals surface area contributed by atoms with Crippen molar-refractivity contribution in [1.29, 1.82) is 0 Å². The first kappa shape index (κ1) is 22.7. The van der Waals surface area contributed by atoms with Crippen LogP contribution in [0.1, 0.15) is 63.5 Å². The monoisotopic (exact) mass is 449 g/mol. The number of nitrogens with zero attached hydrogens (tertiary/aromatic N) is 4. The van der Waals surface area contributed by atoms with Gasteiger partial charge in [0.15, 0.2) is 5.82 Å². The van der Waals surface area contributed by atoms with Gasteiger partial charge in [-0.05, 0) is 67.7 Å². The summed E-state index contributed by atoms with van der Waals surface area (Å²) in [7, 11) is 0. The molecule has 2 heterocycles. The van der Waals surface area contributed by atoms with E-state index in [9.17, 15) is 0 Å². The summed E-state index contributed by atoms with van der Waals surface area (Å²) in [4.78, 5) is 14.0. The number of thiophene rings is 1. The second kappa shape index (κ2) is 9.57. The average molecular weight is 450 g/mol. The molecule has 170 valence electrons. The Hall–Kier alpha value is -2.47. The molecule has 2 aromatic heterocycles. The molecule has 0 aliphatic heterocycles. The van der Waals surface area contributed by atoms with Crippen LogP contribution in [0.15, 0.2) is 35.7 Å². The largest absolute Gasteiger partial charge is 0.372 e. The molecule has 0 unspecified atom stereocenters. The van der Waals surface area contributed by atoms with Crippen LogP contribution in [-0.4, -0.2) is 29.3 Å². The molecule has 3 aromatic rings. The minimum Gasteiger partial charge on any atom is -0.372 e. The minimum absolute atomic E-state index is 0.352. The van der Waals surface area contributed by atoms with Crippen LogP contribution >= 0.6 is 11.3 Å². The lowest BCUT2D eigenvalue weighted by Crippen LogP contribution is -2.28. The maximum absolute atomic E-state index is 4.57. The van der Waals surface area contributed by atoms with Gasteiger partial charge in [-0.1, -0.05) is 39.3 Å². The molecule has 32 heavy (non-hydrogen) atoms. The summed E-state index contributed by atoms with van der Waals surface area (Å²) in [5, 5.41) is 5.68. The van der Waals surface area contributed by atoms with Crippen molar-refractivity contribution in [2.45, 2.75) is 60.3 Å². The zero-order chi connectivity index (χ0) is 22.7. The normalized spacial score (nSPS) is 16.5. The van der Waals surface area contributed by atoms with Gasteiger partial charge < -0.3 is 4.90 Å². The van der Waals surface area contributed by atoms with E-state index < -0.39 is 0 Å². The SMILES string of the molecule is CCN(CC)c1ccc(/C=N/Nc2ncnc3sc4c(c23)C[C@H](C(C)(C)CC)CC4)cc1. The van der Waals surface area contributed by atoms with Gasteiger partial charge in [-0.2, -0.15) is 5.10 Å². The fourth-order valence-corrected chi connectivity index (χ4v) is 5.86. The number of anilines is 2. The second-order valence-corrected chi connectivity index (χ2v) is 10.4. The van der Waals surface area contributed by atoms with Crippen LogP contribution in [0.5, 0.6) is 0 Å². The average Bonchev–Trinajstić information content (AvgIpc) is 3.19. The molecule has 1 aliphatic carbocycles. The van der Waals surface area contributed by atoms with Gasteiger partial charge in [-0.3, -0.25) is 5.43 Å². The van der Waals surface area contributed by atoms with Gasteiger partial charge in [0.1, 0.15) is 11.2 Å². The molecule has 0 radical (unpaired) electrons. The van der Waals surface area contributed by atoms with Crippen molar-refractivity contribution < 1.29 is 0 Å². The van der Waals surface area contributed by atoms with Gasteiger partial charge in [0.25, 0.3) is 0 Å². The van der Waals surface area contributed by atoms with Crippen LogP contribution in [-0.2, 0) is 12.8 Å². The van der Waals surface area contributed by atoms with E-state index in [1.807, 2.05) is 17.6 Å². The summed E-state index contributed by atoms with van der Waals surface area (Å²) in [6, 6.07) is 8.53. The molecule has 0 fully saturated rings. The van der Waals surface area contributed by atoms with E-state index in [-0.39, 0.29) is 0 Å². The summed E-state index contributed by atoms with van der Waals surface area (Å²) in [5.74, 6) is 1.51. The van der Waals surface area contributed by atoms with Crippen LogP contribution in [0.4, 0.5) is 11.5 Å². The van der Waals surface area contributed by atoms with E-state index in [4.69, 9.17) is 0 Å². The number of aryl methyl sites for hydroxylation is 1. The number of nitrogens with one attached hydrogen (secondary N) is 1. The van der Waals surface area contributed by atoms with Crippen LogP contribution < -0.4 is 10.3 Å². The molecular formula is C26H35N5S. The van der Waals surface area contributed by atoms with Gasteiger partial charge in [-0.25, -0.2) is 9.97 Å². The highest BCUT2D eigenvalue weighted by Crippen LogP contribution is 2.45. The molecular weight excluding hydrogens is 414 g/mol. The molecule has 0 amide bonds. The number of fused-ring (bicyclic) bond motifs is 3. The lowest BCUT2D eigenvalue weighted by molar-refractivity contribution is 0.184. The Kier molecular flexibility index (Phi) is 6.79. The predicted octanol–water partition coefficient (Wildman–Crippen LogP) is 6.52. The minimum atomic E-state index is 0.352. The van der Waals surface area contributed by atoms with Gasteiger partial charge in [0, 0.05) is 23.7 Å². The molecule has 0 spiro atoms. The Morgan fingerprint density at radius 3 is 2.59 bits per heavy atom. The highest BCUT2D eigenvalue weighted by atomic mass is 32.1. The molecule has 1 N–H and O–H groups in total. The molecule has 1 aliphatic rings. The summed E-state index contributed by atoms with van der Waals surface area (Å²) in [6.45, 7) is 13.5. The molecule has 5 nitrogen and oxygen atoms in total. The van der Waals surface area contributed by atoms with E-state index in [2.05, 4.69) is 84.3 Å². The summed E-state index contributed by atoms with van der Waals surface area (Å²) in [5.41, 5.74) is 7.31. The highest BCUT2D eigenvalue weighted by Gasteiger charge is 2.33. The van der Waals surface area contributed by atoms with Crippen LogP contribution in [0, 0.1) is 11.3 Å². The summed E-state index contributed by atoms with van der Waals surface area (Å²) in [6.07, 6.45) is 8.23. The van der Waals surface area contributed by atoms with Crippen molar-refractivity contribution in [3.8, 4) is 0 Å². The number of aromatic nitrogens is 2. The lowest BCUT2D eigenvalue weighted by Gasteiger charge is -2.36. The lowest BCUT2D eigenvalue weighted by atomic mass is 9.69. The van der Waals surface area contributed by atoms with Crippen LogP contribution in [0.2, 0.25) is 0 Å². The summed E-state index contributed by atoms with van der Waals surface area (Å²) < 4.78 is 0. The van der Waals surface area contributed by atoms with Crippen molar-refractivity contribution >= 4 is 39.3 Å². The maximum atomic E-state index is 4.57. The third kappa shape index (κ3) is 4.51. The molecule has 0 saturated heterocycles. The third-order valence-electron chi connectivity index (χ3n) is 7.26. The highest BCUT2D eigenvalue weighted by molar-refractivity contribution is 7.19. The van der Waals surface area contributed by atoms with Gasteiger partial charge >= 0.3 is 0 Å². The quantitative estimate of drug-likeness (QED) is 0.314. The summed E-state index contributed by atoms with van der Waals surface area (Å²) >= 11 is 1.82. The number of hydrazone groups is 1. The zero-order valence-electron chi connectivity index (χ0n) is 20.0. The maximum Gasteiger partial charge on any atom is 0.158 e. The van der Waals surface area contributed by atoms with Crippen molar-refractivity contribution in [1.82, 2.24) is 9.97 Å². The molecule has 4 rings (SSSR count). The van der Waals surface area contributed by atoms with Crippen molar-refractivity contribution in [2.75, 3.05) is 23.4 Å². The zero-order valence-corrected chi connectivity index (χ0v) is 20.8. The molecule has 6 heteroatoms. The molecule has 0 saturated carbocycles. The molecule has 1 aromatic carbocycles. The standard InChI is InChI=1S/C26H35N5S/c1-6-26(4,5)19-11-14-22-21(15-19)23-24(27-17-28-25(23)32-22)30-29-16-18-9-12-20(13-10-18)31(7-2)8-3/h9-10,12-13,16-17,19H,6-8,11,14-15H2,1-5H3,(H,27,28,30)/b29-16+/t19-/m1/s1. The molecule has 1 atom stereocenters. The fourth-order valence-electron chi connectivity index (χ4n) is 4.68. The van der Waals surface area contributed by atoms with Gasteiger partial charge in [-0.15, -0.1) is 11.3 Å². The number of hydrogen-bond donors (Lipinski definition) is 1. The smallest absolute Gasteiger partial charge is 0.158 e. The van der Waals surface area contributed by atoms with Gasteiger partial charge in [0.05, 0.1) is 11.6 Å². The predicted molar refractivity (Wildman–Crippen MR) is 138 cm³/mol. The first-order valence-corrected chi connectivity index (χ1v) is 12.7. The van der Waals surface area contributed by atoms with E-state index >= 15 is 0 Å². The van der Waals surface area contributed by atoms with E-state index in [0.29, 0.717) is 11.3 Å². The number of hydrogen-bond acceptors (Lipinski definition) is 6. The van der Waals surface area contributed by atoms with E-state index in [1.54, 1.807) is 6.33 Å². The van der Waals surface area contributed by atoms with Crippen molar-refractivity contribution in [2.24, 2.45) is 16.4 Å². The topological polar surface area (TPSA) is 53.4 Å². The first-order chi connectivity index (χ1) is 15.5. The number of benzene rings is 1. The Bertz CT molecular complexity index is 1080. The Morgan fingerprint density at radius 2 is 1.91 bits per heavy atom. The van der Waals surface area contributed by atoms with E-state index in [0.717, 1.165) is 47.5 Å². The Balaban J connectivity index is 1.55. The fraction of sp³-hybridized carbons (Fsp3) is 0.500. The third-order valence-corrected chi connectivity index (χ3v) is 8.46. The molecule has 0 bridgehead atoms. The number of rotatable bonds is 8. The Labute approximate surface area is 196 Å². The van der Waals surface area contributed by atoms with Crippen molar-refractivity contribution in [3.63, 3.8) is 0 Å².